The van der Waals surface area contributed by atoms with Crippen molar-refractivity contribution in [3.8, 4) is 11.5 Å². The molecule has 2 aromatic carbocycles. The summed E-state index contributed by atoms with van der Waals surface area (Å²) in [6, 6.07) is 11.4. The van der Waals surface area contributed by atoms with E-state index >= 15 is 0 Å². The molecule has 1 N–H and O–H groups in total. The molecule has 0 spiro atoms. The smallest absolute Gasteiger partial charge is 0.255 e. The van der Waals surface area contributed by atoms with E-state index < -0.39 is 0 Å². The van der Waals surface area contributed by atoms with Gasteiger partial charge in [0.15, 0.2) is 11.5 Å². The zero-order valence-corrected chi connectivity index (χ0v) is 16.3. The molecule has 0 aliphatic carbocycles. The molecule has 0 aliphatic heterocycles. The summed E-state index contributed by atoms with van der Waals surface area (Å²) < 4.78 is 12.1. The molecule has 0 radical (unpaired) electrons. The number of carbonyl (C=O) groups is 1. The highest BCUT2D eigenvalue weighted by atomic mass is 127. The van der Waals surface area contributed by atoms with Gasteiger partial charge in [-0.05, 0) is 72.7 Å². The maximum atomic E-state index is 12.5. The molecule has 0 atom stereocenters. The van der Waals surface area contributed by atoms with Gasteiger partial charge in [0.25, 0.3) is 5.91 Å². The van der Waals surface area contributed by atoms with Crippen LogP contribution in [0, 0.1) is 3.57 Å². The number of hydrogen-bond donors (Lipinski definition) is 1. The molecule has 4 nitrogen and oxygen atoms in total. The summed E-state index contributed by atoms with van der Waals surface area (Å²) in [6.07, 6.45) is 0.975. The number of ether oxygens (including phenoxy) is 2. The Morgan fingerprint density at radius 2 is 1.71 bits per heavy atom. The second-order valence-corrected chi connectivity index (χ2v) is 6.32. The maximum absolute atomic E-state index is 12.5. The van der Waals surface area contributed by atoms with E-state index in [2.05, 4.69) is 34.8 Å². The molecule has 5 heteroatoms. The van der Waals surface area contributed by atoms with E-state index in [9.17, 15) is 4.79 Å². The Morgan fingerprint density at radius 1 is 1.04 bits per heavy atom. The third kappa shape index (κ3) is 4.63. The second kappa shape index (κ2) is 8.92. The number of amides is 1. The molecule has 2 aromatic rings. The molecule has 0 fully saturated rings. The summed E-state index contributed by atoms with van der Waals surface area (Å²) in [5, 5.41) is 2.92. The van der Waals surface area contributed by atoms with Gasteiger partial charge in [-0.2, -0.15) is 0 Å². The van der Waals surface area contributed by atoms with Gasteiger partial charge < -0.3 is 14.8 Å². The Labute approximate surface area is 156 Å². The Balaban J connectivity index is 2.24. The van der Waals surface area contributed by atoms with Crippen LogP contribution >= 0.6 is 22.6 Å². The zero-order chi connectivity index (χ0) is 17.5. The summed E-state index contributed by atoms with van der Waals surface area (Å²) in [6.45, 7) is 6.99. The average molecular weight is 439 g/mol. The number of halogens is 1. The third-order valence-corrected chi connectivity index (χ3v) is 4.28. The van der Waals surface area contributed by atoms with Crippen LogP contribution in [-0.2, 0) is 6.42 Å². The summed E-state index contributed by atoms with van der Waals surface area (Å²) in [5.41, 5.74) is 2.56. The van der Waals surface area contributed by atoms with Crippen LogP contribution < -0.4 is 14.8 Å². The molecule has 0 aromatic heterocycles. The van der Waals surface area contributed by atoms with Crippen molar-refractivity contribution in [1.82, 2.24) is 0 Å². The largest absolute Gasteiger partial charge is 0.490 e. The van der Waals surface area contributed by atoms with E-state index in [-0.39, 0.29) is 5.91 Å². The van der Waals surface area contributed by atoms with Gasteiger partial charge in [-0.1, -0.05) is 19.1 Å². The van der Waals surface area contributed by atoms with Gasteiger partial charge in [0, 0.05) is 11.3 Å². The van der Waals surface area contributed by atoms with E-state index in [0.29, 0.717) is 30.3 Å². The highest BCUT2D eigenvalue weighted by molar-refractivity contribution is 14.1. The van der Waals surface area contributed by atoms with Crippen molar-refractivity contribution in [2.24, 2.45) is 0 Å². The molecule has 0 aliphatic rings. The van der Waals surface area contributed by atoms with E-state index in [0.717, 1.165) is 15.7 Å². The monoisotopic (exact) mass is 439 g/mol. The summed E-state index contributed by atoms with van der Waals surface area (Å²) in [5.74, 6) is 1.11. The molecule has 0 heterocycles. The highest BCUT2D eigenvalue weighted by Gasteiger charge is 2.16. The van der Waals surface area contributed by atoms with Gasteiger partial charge in [0.05, 0.1) is 16.8 Å². The maximum Gasteiger partial charge on any atom is 0.255 e. The Kier molecular flexibility index (Phi) is 6.90. The number of benzene rings is 2. The van der Waals surface area contributed by atoms with E-state index in [4.69, 9.17) is 9.47 Å². The number of rotatable bonds is 7. The quantitative estimate of drug-likeness (QED) is 0.625. The molecule has 0 bridgehead atoms. The molecular weight excluding hydrogens is 417 g/mol. The van der Waals surface area contributed by atoms with E-state index in [1.807, 2.05) is 44.2 Å². The number of anilines is 1. The number of carbonyl (C=O) groups excluding carboxylic acids is 1. The van der Waals surface area contributed by atoms with Gasteiger partial charge in [-0.3, -0.25) is 4.79 Å². The lowest BCUT2D eigenvalue weighted by atomic mass is 10.1. The molecule has 0 saturated heterocycles. The summed E-state index contributed by atoms with van der Waals surface area (Å²) in [7, 11) is 0. The minimum absolute atomic E-state index is 0.166. The van der Waals surface area contributed by atoms with Crippen molar-refractivity contribution in [2.45, 2.75) is 27.2 Å². The fraction of sp³-hybridized carbons (Fsp3) is 0.316. The van der Waals surface area contributed by atoms with Crippen LogP contribution in [-0.4, -0.2) is 19.1 Å². The Bertz CT molecular complexity index is 699. The van der Waals surface area contributed by atoms with Crippen molar-refractivity contribution in [1.29, 1.82) is 0 Å². The zero-order valence-electron chi connectivity index (χ0n) is 14.2. The van der Waals surface area contributed by atoms with Crippen LogP contribution in [0.1, 0.15) is 36.7 Å². The summed E-state index contributed by atoms with van der Waals surface area (Å²) >= 11 is 2.16. The number of hydrogen-bond acceptors (Lipinski definition) is 3. The standard InChI is InChI=1S/C19H22INO3/c1-4-13-7-9-15(10-8-13)21-19(22)14-11-16(20)18(24-6-3)17(12-14)23-5-2/h7-12H,4-6H2,1-3H3,(H,21,22). The first-order valence-corrected chi connectivity index (χ1v) is 9.16. The average Bonchev–Trinajstić information content (AvgIpc) is 2.58. The van der Waals surface area contributed by atoms with Gasteiger partial charge in [-0.15, -0.1) is 0 Å². The first-order chi connectivity index (χ1) is 11.6. The first kappa shape index (κ1) is 18.6. The van der Waals surface area contributed by atoms with Crippen LogP contribution in [0.5, 0.6) is 11.5 Å². The minimum Gasteiger partial charge on any atom is -0.490 e. The third-order valence-electron chi connectivity index (χ3n) is 3.48. The van der Waals surface area contributed by atoms with E-state index in [1.165, 1.54) is 5.56 Å². The van der Waals surface area contributed by atoms with Gasteiger partial charge in [-0.25, -0.2) is 0 Å². The fourth-order valence-corrected chi connectivity index (χ4v) is 3.03. The van der Waals surface area contributed by atoms with Crippen LogP contribution in [0.15, 0.2) is 36.4 Å². The number of nitrogens with one attached hydrogen (secondary N) is 1. The van der Waals surface area contributed by atoms with Crippen LogP contribution in [0.4, 0.5) is 5.69 Å². The predicted molar refractivity (Wildman–Crippen MR) is 105 cm³/mol. The summed E-state index contributed by atoms with van der Waals surface area (Å²) in [4.78, 5) is 12.5. The normalized spacial score (nSPS) is 10.3. The van der Waals surface area contributed by atoms with Crippen LogP contribution in [0.2, 0.25) is 0 Å². The van der Waals surface area contributed by atoms with Crippen LogP contribution in [0.25, 0.3) is 0 Å². The first-order valence-electron chi connectivity index (χ1n) is 8.08. The van der Waals surface area contributed by atoms with E-state index in [1.54, 1.807) is 6.07 Å². The van der Waals surface area contributed by atoms with Gasteiger partial charge in [0.1, 0.15) is 0 Å². The molecule has 0 saturated carbocycles. The Morgan fingerprint density at radius 3 is 2.29 bits per heavy atom. The highest BCUT2D eigenvalue weighted by Crippen LogP contribution is 2.34. The molecule has 24 heavy (non-hydrogen) atoms. The van der Waals surface area contributed by atoms with Crippen molar-refractivity contribution in [2.75, 3.05) is 18.5 Å². The van der Waals surface area contributed by atoms with Crippen LogP contribution in [0.3, 0.4) is 0 Å². The van der Waals surface area contributed by atoms with Crippen molar-refractivity contribution in [3.63, 3.8) is 0 Å². The molecule has 128 valence electrons. The van der Waals surface area contributed by atoms with Crippen molar-refractivity contribution >= 4 is 34.2 Å². The Hall–Kier alpha value is -1.76. The van der Waals surface area contributed by atoms with Crippen molar-refractivity contribution in [3.05, 3.63) is 51.1 Å². The SMILES string of the molecule is CCOc1cc(C(=O)Nc2ccc(CC)cc2)cc(I)c1OCC. The second-order valence-electron chi connectivity index (χ2n) is 5.16. The molecule has 1 amide bonds. The predicted octanol–water partition coefficient (Wildman–Crippen LogP) is 4.90. The lowest BCUT2D eigenvalue weighted by Gasteiger charge is -2.14. The van der Waals surface area contributed by atoms with Crippen molar-refractivity contribution < 1.29 is 14.3 Å². The fourth-order valence-electron chi connectivity index (χ4n) is 2.27. The molecule has 2 rings (SSSR count). The molecule has 0 unspecified atom stereocenters. The topological polar surface area (TPSA) is 47.6 Å². The number of aryl methyl sites for hydroxylation is 1. The lowest BCUT2D eigenvalue weighted by molar-refractivity contribution is 0.102. The molecular formula is C19H22INO3. The lowest BCUT2D eigenvalue weighted by Crippen LogP contribution is -2.13. The minimum atomic E-state index is -0.166. The van der Waals surface area contributed by atoms with Gasteiger partial charge >= 0.3 is 0 Å². The van der Waals surface area contributed by atoms with Gasteiger partial charge in [0.2, 0.25) is 0 Å².